The van der Waals surface area contributed by atoms with E-state index >= 15 is 0 Å². The van der Waals surface area contributed by atoms with E-state index in [1.807, 2.05) is 0 Å². The summed E-state index contributed by atoms with van der Waals surface area (Å²) in [6.45, 7) is 0.688. The minimum absolute atomic E-state index is 0.0165. The summed E-state index contributed by atoms with van der Waals surface area (Å²) in [6.07, 6.45) is -0.105. The number of nitro benzene ring substituents is 1. The van der Waals surface area contributed by atoms with E-state index in [1.54, 1.807) is 48.5 Å². The summed E-state index contributed by atoms with van der Waals surface area (Å²) in [4.78, 5) is 10.9. The lowest BCUT2D eigenvalue weighted by Crippen LogP contribution is -2.26. The molecule has 1 saturated heterocycles. The minimum Gasteiger partial charge on any atom is -0.484 e. The monoisotopic (exact) mass is 426 g/mol. The summed E-state index contributed by atoms with van der Waals surface area (Å²) in [6, 6.07) is 20.5. The number of nitro groups is 1. The predicted octanol–water partition coefficient (Wildman–Crippen LogP) is 3.90. The Morgan fingerprint density at radius 2 is 1.63 bits per heavy atom. The molecule has 0 amide bonds. The molecule has 1 fully saturated rings. The molecule has 8 nitrogen and oxygen atoms in total. The molecule has 9 heteroatoms. The number of rotatable bonds is 8. The fourth-order valence-corrected chi connectivity index (χ4v) is 4.43. The number of anilines is 2. The van der Waals surface area contributed by atoms with Gasteiger partial charge in [0.05, 0.1) is 27.8 Å². The summed E-state index contributed by atoms with van der Waals surface area (Å²) in [7, 11) is -3.99. The molecular weight excluding hydrogens is 408 g/mol. The molecule has 1 aliphatic heterocycles. The van der Waals surface area contributed by atoms with E-state index in [2.05, 4.69) is 0 Å². The van der Waals surface area contributed by atoms with Crippen LogP contribution in [0.1, 0.15) is 0 Å². The summed E-state index contributed by atoms with van der Waals surface area (Å²) < 4.78 is 38.8. The van der Waals surface area contributed by atoms with Gasteiger partial charge in [0.1, 0.15) is 12.7 Å². The average molecular weight is 426 g/mol. The molecule has 0 spiro atoms. The van der Waals surface area contributed by atoms with Crippen LogP contribution in [0.3, 0.4) is 0 Å². The largest absolute Gasteiger partial charge is 0.484 e. The maximum atomic E-state index is 13.5. The zero-order valence-electron chi connectivity index (χ0n) is 15.7. The molecule has 0 N–H and O–H groups in total. The molecule has 0 aliphatic carbocycles. The van der Waals surface area contributed by atoms with Gasteiger partial charge in [-0.05, 0) is 30.3 Å². The van der Waals surface area contributed by atoms with Crippen molar-refractivity contribution in [3.05, 3.63) is 89.0 Å². The first kappa shape index (κ1) is 19.9. The van der Waals surface area contributed by atoms with E-state index < -0.39 is 14.9 Å². The third kappa shape index (κ3) is 4.12. The Morgan fingerprint density at radius 3 is 2.23 bits per heavy atom. The second-order valence-corrected chi connectivity index (χ2v) is 8.38. The van der Waals surface area contributed by atoms with Crippen LogP contribution < -0.4 is 9.04 Å². The van der Waals surface area contributed by atoms with Gasteiger partial charge in [-0.1, -0.05) is 36.4 Å². The van der Waals surface area contributed by atoms with Gasteiger partial charge in [0.15, 0.2) is 5.75 Å². The molecule has 4 rings (SSSR count). The van der Waals surface area contributed by atoms with Gasteiger partial charge < -0.3 is 9.47 Å². The van der Waals surface area contributed by atoms with Gasteiger partial charge in [-0.25, -0.2) is 12.7 Å². The zero-order valence-corrected chi connectivity index (χ0v) is 16.6. The summed E-state index contributed by atoms with van der Waals surface area (Å²) in [5, 5.41) is 11.4. The van der Waals surface area contributed by atoms with Crippen LogP contribution in [0.15, 0.2) is 83.8 Å². The quantitative estimate of drug-likeness (QED) is 0.308. The number of hydrogen-bond donors (Lipinski definition) is 0. The Labute approximate surface area is 173 Å². The standard InChI is InChI=1S/C21H18N2O6S/c24-23(25)20-12-11-17(13-21(20)29-15-18-14-28-18)22(16-7-3-1-4-8-16)30(26,27)19-9-5-2-6-10-19/h1-13,18H,14-15H2. The van der Waals surface area contributed by atoms with E-state index in [0.717, 1.165) is 4.31 Å². The molecular formula is C21H18N2O6S. The first-order valence-electron chi connectivity index (χ1n) is 9.15. The highest BCUT2D eigenvalue weighted by Gasteiger charge is 2.30. The molecule has 1 aliphatic rings. The molecule has 3 aromatic carbocycles. The second kappa shape index (κ2) is 8.13. The van der Waals surface area contributed by atoms with Crippen LogP contribution in [0.5, 0.6) is 5.75 Å². The van der Waals surface area contributed by atoms with E-state index in [4.69, 9.17) is 9.47 Å². The molecule has 154 valence electrons. The van der Waals surface area contributed by atoms with Crippen LogP contribution in [-0.2, 0) is 14.8 Å². The van der Waals surface area contributed by atoms with Crippen molar-refractivity contribution in [2.75, 3.05) is 17.5 Å². The van der Waals surface area contributed by atoms with Crippen molar-refractivity contribution < 1.29 is 22.8 Å². The van der Waals surface area contributed by atoms with E-state index in [1.165, 1.54) is 30.3 Å². The van der Waals surface area contributed by atoms with E-state index in [9.17, 15) is 18.5 Å². The van der Waals surface area contributed by atoms with Crippen LogP contribution in [0.4, 0.5) is 17.1 Å². The number of para-hydroxylation sites is 1. The smallest absolute Gasteiger partial charge is 0.311 e. The first-order valence-corrected chi connectivity index (χ1v) is 10.6. The highest BCUT2D eigenvalue weighted by molar-refractivity contribution is 7.93. The van der Waals surface area contributed by atoms with Crippen molar-refractivity contribution in [1.29, 1.82) is 0 Å². The Bertz CT molecular complexity index is 1150. The molecule has 30 heavy (non-hydrogen) atoms. The van der Waals surface area contributed by atoms with Crippen molar-refractivity contribution in [1.82, 2.24) is 0 Å². The molecule has 1 atom stereocenters. The lowest BCUT2D eigenvalue weighted by molar-refractivity contribution is -0.385. The van der Waals surface area contributed by atoms with Crippen molar-refractivity contribution in [3.8, 4) is 5.75 Å². The SMILES string of the molecule is O=[N+]([O-])c1ccc(N(c2ccccc2)S(=O)(=O)c2ccccc2)cc1OCC1CO1. The fourth-order valence-electron chi connectivity index (χ4n) is 2.93. The topological polar surface area (TPSA) is 102 Å². The highest BCUT2D eigenvalue weighted by Crippen LogP contribution is 2.38. The van der Waals surface area contributed by atoms with Gasteiger partial charge in [-0.2, -0.15) is 0 Å². The number of ether oxygens (including phenoxy) is 2. The van der Waals surface area contributed by atoms with Gasteiger partial charge in [-0.3, -0.25) is 10.1 Å². The summed E-state index contributed by atoms with van der Waals surface area (Å²) in [5.41, 5.74) is 0.374. The van der Waals surface area contributed by atoms with Gasteiger partial charge >= 0.3 is 5.69 Å². The van der Waals surface area contributed by atoms with Crippen LogP contribution >= 0.6 is 0 Å². The lowest BCUT2D eigenvalue weighted by Gasteiger charge is -2.25. The Balaban J connectivity index is 1.83. The Hall–Kier alpha value is -3.43. The maximum absolute atomic E-state index is 13.5. The Kier molecular flexibility index (Phi) is 5.39. The molecule has 1 heterocycles. The number of epoxide rings is 1. The van der Waals surface area contributed by atoms with Gasteiger partial charge in [0, 0.05) is 12.1 Å². The summed E-state index contributed by atoms with van der Waals surface area (Å²) in [5.74, 6) is -0.0165. The van der Waals surface area contributed by atoms with Crippen molar-refractivity contribution in [2.45, 2.75) is 11.0 Å². The minimum atomic E-state index is -3.99. The number of hydrogen-bond acceptors (Lipinski definition) is 6. The fraction of sp³-hybridized carbons (Fsp3) is 0.143. The van der Waals surface area contributed by atoms with Crippen LogP contribution in [-0.4, -0.2) is 32.7 Å². The highest BCUT2D eigenvalue weighted by atomic mass is 32.2. The van der Waals surface area contributed by atoms with Crippen molar-refractivity contribution in [2.24, 2.45) is 0 Å². The van der Waals surface area contributed by atoms with Gasteiger partial charge in [-0.15, -0.1) is 0 Å². The maximum Gasteiger partial charge on any atom is 0.311 e. The molecule has 1 unspecified atom stereocenters. The number of nitrogens with zero attached hydrogens (tertiary/aromatic N) is 2. The molecule has 0 aromatic heterocycles. The lowest BCUT2D eigenvalue weighted by atomic mass is 10.2. The second-order valence-electron chi connectivity index (χ2n) is 6.59. The molecule has 0 bridgehead atoms. The van der Waals surface area contributed by atoms with Gasteiger partial charge in [0.2, 0.25) is 0 Å². The molecule has 3 aromatic rings. The molecule has 0 saturated carbocycles. The van der Waals surface area contributed by atoms with Crippen molar-refractivity contribution in [3.63, 3.8) is 0 Å². The summed E-state index contributed by atoms with van der Waals surface area (Å²) >= 11 is 0. The van der Waals surface area contributed by atoms with Crippen molar-refractivity contribution >= 4 is 27.1 Å². The third-order valence-corrected chi connectivity index (χ3v) is 6.24. The number of benzene rings is 3. The number of sulfonamides is 1. The molecule has 0 radical (unpaired) electrons. The van der Waals surface area contributed by atoms with Crippen LogP contribution in [0, 0.1) is 10.1 Å². The van der Waals surface area contributed by atoms with Crippen LogP contribution in [0.25, 0.3) is 0 Å². The first-order chi connectivity index (χ1) is 14.5. The Morgan fingerprint density at radius 1 is 1.00 bits per heavy atom. The zero-order chi connectivity index (χ0) is 21.1. The average Bonchev–Trinajstić information content (AvgIpc) is 3.58. The van der Waals surface area contributed by atoms with Crippen LogP contribution in [0.2, 0.25) is 0 Å². The van der Waals surface area contributed by atoms with E-state index in [0.29, 0.717) is 12.3 Å². The van der Waals surface area contributed by atoms with Gasteiger partial charge in [0.25, 0.3) is 10.0 Å². The normalized spacial score (nSPS) is 15.4. The van der Waals surface area contributed by atoms with E-state index in [-0.39, 0.29) is 34.7 Å². The third-order valence-electron chi connectivity index (χ3n) is 4.47. The predicted molar refractivity (Wildman–Crippen MR) is 111 cm³/mol.